The molecule has 6 heteroatoms. The molecule has 112 valence electrons. The van der Waals surface area contributed by atoms with Crippen LogP contribution in [0.5, 0.6) is 0 Å². The summed E-state index contributed by atoms with van der Waals surface area (Å²) in [5.41, 5.74) is 2.65. The van der Waals surface area contributed by atoms with Crippen LogP contribution >= 0.6 is 0 Å². The first-order valence-electron chi connectivity index (χ1n) is 6.97. The molecule has 2 heterocycles. The monoisotopic (exact) mass is 287 g/mol. The van der Waals surface area contributed by atoms with Crippen molar-refractivity contribution in [3.63, 3.8) is 0 Å². The van der Waals surface area contributed by atoms with Gasteiger partial charge in [0.15, 0.2) is 0 Å². The van der Waals surface area contributed by atoms with E-state index in [1.165, 1.54) is 0 Å². The van der Waals surface area contributed by atoms with Gasteiger partial charge in [-0.15, -0.1) is 0 Å². The van der Waals surface area contributed by atoms with E-state index >= 15 is 0 Å². The number of aryl methyl sites for hydroxylation is 2. The van der Waals surface area contributed by atoms with Crippen LogP contribution in [0.25, 0.3) is 0 Å². The molecule has 0 aliphatic heterocycles. The third-order valence-corrected chi connectivity index (χ3v) is 3.39. The Balaban J connectivity index is 2.13. The molecule has 21 heavy (non-hydrogen) atoms. The highest BCUT2D eigenvalue weighted by atomic mass is 16.2. The second kappa shape index (κ2) is 6.39. The van der Waals surface area contributed by atoms with E-state index in [0.29, 0.717) is 17.9 Å². The number of rotatable bonds is 5. The van der Waals surface area contributed by atoms with Gasteiger partial charge in [-0.05, 0) is 26.0 Å². The van der Waals surface area contributed by atoms with Gasteiger partial charge in [-0.3, -0.25) is 9.48 Å². The zero-order valence-corrected chi connectivity index (χ0v) is 12.9. The smallest absolute Gasteiger partial charge is 0.254 e. The number of amides is 1. The molecule has 0 aliphatic carbocycles. The molecule has 0 saturated carbocycles. The molecule has 0 aromatic carbocycles. The van der Waals surface area contributed by atoms with Crippen LogP contribution < -0.4 is 5.32 Å². The van der Waals surface area contributed by atoms with Gasteiger partial charge in [-0.1, -0.05) is 0 Å². The Morgan fingerprint density at radius 1 is 1.48 bits per heavy atom. The molecule has 1 amide bonds. The summed E-state index contributed by atoms with van der Waals surface area (Å²) in [6.07, 6.45) is 3.62. The van der Waals surface area contributed by atoms with Gasteiger partial charge in [0.2, 0.25) is 0 Å². The van der Waals surface area contributed by atoms with E-state index in [9.17, 15) is 4.79 Å². The maximum Gasteiger partial charge on any atom is 0.254 e. The summed E-state index contributed by atoms with van der Waals surface area (Å²) in [7, 11) is 3.58. The first-order valence-corrected chi connectivity index (χ1v) is 6.97. The van der Waals surface area contributed by atoms with Crippen molar-refractivity contribution in [3.8, 4) is 0 Å². The predicted octanol–water partition coefficient (Wildman–Crippen LogP) is 1.92. The number of anilines is 1. The number of carbonyl (C=O) groups excluding carboxylic acids is 1. The molecule has 6 nitrogen and oxygen atoms in total. The minimum absolute atomic E-state index is 0.0300. The fourth-order valence-corrected chi connectivity index (χ4v) is 2.12. The number of aromatic nitrogens is 3. The van der Waals surface area contributed by atoms with Crippen molar-refractivity contribution in [1.29, 1.82) is 0 Å². The molecule has 0 radical (unpaired) electrons. The lowest BCUT2D eigenvalue weighted by Crippen LogP contribution is -2.26. The minimum atomic E-state index is -0.0300. The van der Waals surface area contributed by atoms with Crippen molar-refractivity contribution < 1.29 is 4.79 Å². The average Bonchev–Trinajstić information content (AvgIpc) is 2.86. The Bertz CT molecular complexity index is 635. The molecule has 0 bridgehead atoms. The Kier molecular flexibility index (Phi) is 4.57. The van der Waals surface area contributed by atoms with E-state index in [0.717, 1.165) is 17.8 Å². The Labute approximate surface area is 124 Å². The molecule has 0 aliphatic rings. The Hall–Kier alpha value is -2.37. The average molecular weight is 287 g/mol. The summed E-state index contributed by atoms with van der Waals surface area (Å²) in [5, 5.41) is 7.34. The molecule has 0 atom stereocenters. The second-order valence-corrected chi connectivity index (χ2v) is 4.94. The second-order valence-electron chi connectivity index (χ2n) is 4.94. The van der Waals surface area contributed by atoms with Crippen molar-refractivity contribution in [2.75, 3.05) is 19.4 Å². The highest BCUT2D eigenvalue weighted by molar-refractivity contribution is 5.94. The van der Waals surface area contributed by atoms with Gasteiger partial charge in [0, 0.05) is 50.7 Å². The molecular weight excluding hydrogens is 266 g/mol. The fourth-order valence-electron chi connectivity index (χ4n) is 2.12. The number of nitrogens with zero attached hydrogens (tertiary/aromatic N) is 4. The SMILES string of the molecule is CCn1cc(CN(C)C(=O)c2ccnc(NC)c2)c(C)n1. The van der Waals surface area contributed by atoms with Crippen LogP contribution in [0.2, 0.25) is 0 Å². The predicted molar refractivity (Wildman–Crippen MR) is 82.2 cm³/mol. The minimum Gasteiger partial charge on any atom is -0.373 e. The molecule has 0 saturated heterocycles. The molecule has 1 N–H and O–H groups in total. The van der Waals surface area contributed by atoms with Crippen molar-refractivity contribution in [2.24, 2.45) is 0 Å². The summed E-state index contributed by atoms with van der Waals surface area (Å²) in [6.45, 7) is 5.38. The largest absolute Gasteiger partial charge is 0.373 e. The first-order chi connectivity index (χ1) is 10.0. The molecule has 2 aromatic rings. The van der Waals surface area contributed by atoms with Crippen LogP contribution in [-0.2, 0) is 13.1 Å². The summed E-state index contributed by atoms with van der Waals surface area (Å²) in [4.78, 5) is 18.3. The van der Waals surface area contributed by atoms with Crippen LogP contribution in [0.4, 0.5) is 5.82 Å². The van der Waals surface area contributed by atoms with Gasteiger partial charge in [-0.25, -0.2) is 4.98 Å². The molecule has 2 rings (SSSR count). The van der Waals surface area contributed by atoms with Crippen molar-refractivity contribution >= 4 is 11.7 Å². The van der Waals surface area contributed by atoms with Crippen LogP contribution in [0.1, 0.15) is 28.5 Å². The van der Waals surface area contributed by atoms with Crippen molar-refractivity contribution in [3.05, 3.63) is 41.3 Å². The Morgan fingerprint density at radius 3 is 2.86 bits per heavy atom. The summed E-state index contributed by atoms with van der Waals surface area (Å²) in [5.74, 6) is 0.654. The molecule has 0 unspecified atom stereocenters. The van der Waals surface area contributed by atoms with Crippen molar-refractivity contribution in [2.45, 2.75) is 26.9 Å². The maximum atomic E-state index is 12.4. The van der Waals surface area contributed by atoms with Crippen LogP contribution in [-0.4, -0.2) is 39.7 Å². The normalized spacial score (nSPS) is 10.5. The van der Waals surface area contributed by atoms with Crippen LogP contribution in [0, 0.1) is 6.92 Å². The fraction of sp³-hybridized carbons (Fsp3) is 0.400. The third kappa shape index (κ3) is 3.39. The summed E-state index contributed by atoms with van der Waals surface area (Å²) < 4.78 is 1.88. The van der Waals surface area contributed by atoms with Gasteiger partial charge < -0.3 is 10.2 Å². The van der Waals surface area contributed by atoms with Gasteiger partial charge in [-0.2, -0.15) is 5.10 Å². The topological polar surface area (TPSA) is 63.1 Å². The van der Waals surface area contributed by atoms with E-state index in [2.05, 4.69) is 15.4 Å². The van der Waals surface area contributed by atoms with Crippen LogP contribution in [0.3, 0.4) is 0 Å². The van der Waals surface area contributed by atoms with Crippen molar-refractivity contribution in [1.82, 2.24) is 19.7 Å². The molecule has 2 aromatic heterocycles. The summed E-state index contributed by atoms with van der Waals surface area (Å²) >= 11 is 0. The zero-order valence-electron chi connectivity index (χ0n) is 12.9. The number of hydrogen-bond donors (Lipinski definition) is 1. The quantitative estimate of drug-likeness (QED) is 0.912. The number of nitrogens with one attached hydrogen (secondary N) is 1. The Morgan fingerprint density at radius 2 is 2.24 bits per heavy atom. The lowest BCUT2D eigenvalue weighted by Gasteiger charge is -2.17. The third-order valence-electron chi connectivity index (χ3n) is 3.39. The number of pyridine rings is 1. The first kappa shape index (κ1) is 15.0. The van der Waals surface area contributed by atoms with E-state index < -0.39 is 0 Å². The maximum absolute atomic E-state index is 12.4. The lowest BCUT2D eigenvalue weighted by molar-refractivity contribution is 0.0785. The highest BCUT2D eigenvalue weighted by Crippen LogP contribution is 2.13. The van der Waals surface area contributed by atoms with Gasteiger partial charge in [0.1, 0.15) is 5.82 Å². The number of hydrogen-bond acceptors (Lipinski definition) is 4. The zero-order chi connectivity index (χ0) is 15.4. The van der Waals surface area contributed by atoms with E-state index in [1.54, 1.807) is 37.3 Å². The van der Waals surface area contributed by atoms with Gasteiger partial charge in [0.25, 0.3) is 5.91 Å². The summed E-state index contributed by atoms with van der Waals surface area (Å²) in [6, 6.07) is 3.48. The molecular formula is C15H21N5O. The van der Waals surface area contributed by atoms with Crippen LogP contribution in [0.15, 0.2) is 24.5 Å². The lowest BCUT2D eigenvalue weighted by atomic mass is 10.2. The highest BCUT2D eigenvalue weighted by Gasteiger charge is 2.15. The van der Waals surface area contributed by atoms with E-state index in [4.69, 9.17) is 0 Å². The number of carbonyl (C=O) groups is 1. The van der Waals surface area contributed by atoms with Gasteiger partial charge in [0.05, 0.1) is 5.69 Å². The molecule has 0 fully saturated rings. The van der Waals surface area contributed by atoms with Gasteiger partial charge >= 0.3 is 0 Å². The van der Waals surface area contributed by atoms with E-state index in [1.807, 2.05) is 24.7 Å². The standard InChI is InChI=1S/C15H21N5O/c1-5-20-10-13(11(2)18-20)9-19(4)15(21)12-6-7-17-14(8-12)16-3/h6-8,10H,5,9H2,1-4H3,(H,16,17). The van der Waals surface area contributed by atoms with E-state index in [-0.39, 0.29) is 5.91 Å². The molecule has 0 spiro atoms.